The lowest BCUT2D eigenvalue weighted by atomic mass is 10.0. The van der Waals surface area contributed by atoms with Gasteiger partial charge in [0.25, 0.3) is 5.69 Å². The third-order valence-electron chi connectivity index (χ3n) is 3.59. The molecule has 0 amide bonds. The Kier molecular flexibility index (Phi) is 6.44. The second-order valence-electron chi connectivity index (χ2n) is 5.28. The lowest BCUT2D eigenvalue weighted by Gasteiger charge is -2.08. The Morgan fingerprint density at radius 1 is 0.913 bits per heavy atom. The molecule has 1 heterocycles. The summed E-state index contributed by atoms with van der Waals surface area (Å²) in [6.07, 6.45) is 4.22. The van der Waals surface area contributed by atoms with Gasteiger partial charge in [0.2, 0.25) is 0 Å². The van der Waals surface area contributed by atoms with Crippen molar-refractivity contribution < 1.29 is 9.72 Å². The topological polar surface area (TPSA) is 72.2 Å². The molecule has 0 bridgehead atoms. The summed E-state index contributed by atoms with van der Waals surface area (Å²) in [4.78, 5) is 22.3. The highest BCUT2D eigenvalue weighted by atomic mass is 16.6. The monoisotopic (exact) mass is 312 g/mol. The first-order valence-corrected chi connectivity index (χ1v) is 7.74. The van der Waals surface area contributed by atoms with Gasteiger partial charge in [-0.05, 0) is 32.0 Å². The van der Waals surface area contributed by atoms with E-state index in [4.69, 9.17) is 0 Å². The quantitative estimate of drug-likeness (QED) is 0.534. The van der Waals surface area contributed by atoms with Crippen molar-refractivity contribution in [2.45, 2.75) is 19.3 Å². The third kappa shape index (κ3) is 5.00. The second kappa shape index (κ2) is 8.80. The van der Waals surface area contributed by atoms with E-state index >= 15 is 0 Å². The van der Waals surface area contributed by atoms with Crippen LogP contribution in [0.4, 0.5) is 5.69 Å². The van der Waals surface area contributed by atoms with Crippen molar-refractivity contribution in [3.8, 4) is 0 Å². The van der Waals surface area contributed by atoms with Crippen LogP contribution < -0.4 is 5.32 Å². The van der Waals surface area contributed by atoms with Gasteiger partial charge in [-0.25, -0.2) is 0 Å². The van der Waals surface area contributed by atoms with E-state index in [-0.39, 0.29) is 17.0 Å². The molecular weight excluding hydrogens is 292 g/mol. The SMILES string of the molecule is C1CCNCC1.O=C(c1ccccc1)c1ccccc1[N+](=O)[O-]. The van der Waals surface area contributed by atoms with E-state index in [1.807, 2.05) is 0 Å². The van der Waals surface area contributed by atoms with Gasteiger partial charge in [0.15, 0.2) is 5.78 Å². The van der Waals surface area contributed by atoms with E-state index in [0.29, 0.717) is 5.56 Å². The maximum absolute atomic E-state index is 12.1. The number of nitro groups is 1. The molecule has 0 spiro atoms. The van der Waals surface area contributed by atoms with Crippen LogP contribution in [0.15, 0.2) is 54.6 Å². The zero-order chi connectivity index (χ0) is 16.5. The standard InChI is InChI=1S/C13H9NO3.C5H11N/c15-13(10-6-2-1-3-7-10)11-8-4-5-9-12(11)14(16)17;1-2-4-6-5-3-1/h1-9H;6H,1-5H2. The molecule has 0 aliphatic carbocycles. The minimum absolute atomic E-state index is 0.115. The zero-order valence-corrected chi connectivity index (χ0v) is 12.9. The number of para-hydroxylation sites is 1. The number of rotatable bonds is 3. The number of nitrogens with one attached hydrogen (secondary N) is 1. The van der Waals surface area contributed by atoms with Gasteiger partial charge in [-0.3, -0.25) is 14.9 Å². The summed E-state index contributed by atoms with van der Waals surface area (Å²) in [6, 6.07) is 14.5. The Morgan fingerprint density at radius 3 is 2.04 bits per heavy atom. The largest absolute Gasteiger partial charge is 0.317 e. The molecular formula is C18H20N2O3. The maximum Gasteiger partial charge on any atom is 0.280 e. The van der Waals surface area contributed by atoms with Crippen molar-refractivity contribution in [2.75, 3.05) is 13.1 Å². The molecule has 0 unspecified atom stereocenters. The smallest absolute Gasteiger partial charge is 0.280 e. The van der Waals surface area contributed by atoms with Gasteiger partial charge >= 0.3 is 0 Å². The van der Waals surface area contributed by atoms with E-state index in [2.05, 4.69) is 5.32 Å². The summed E-state index contributed by atoms with van der Waals surface area (Å²) in [5, 5.41) is 14.1. The van der Waals surface area contributed by atoms with E-state index < -0.39 is 4.92 Å². The van der Waals surface area contributed by atoms with Crippen LogP contribution in [0.25, 0.3) is 0 Å². The summed E-state index contributed by atoms with van der Waals surface area (Å²) in [7, 11) is 0. The van der Waals surface area contributed by atoms with Crippen LogP contribution in [0.2, 0.25) is 0 Å². The molecule has 5 heteroatoms. The fraction of sp³-hybridized carbons (Fsp3) is 0.278. The molecule has 1 saturated heterocycles. The molecule has 1 aliphatic rings. The normalized spacial score (nSPS) is 13.6. The average Bonchev–Trinajstić information content (AvgIpc) is 2.64. The van der Waals surface area contributed by atoms with E-state index in [1.54, 1.807) is 42.5 Å². The van der Waals surface area contributed by atoms with E-state index in [9.17, 15) is 14.9 Å². The maximum atomic E-state index is 12.1. The first-order chi connectivity index (χ1) is 11.2. The van der Waals surface area contributed by atoms with Crippen molar-refractivity contribution in [1.29, 1.82) is 0 Å². The van der Waals surface area contributed by atoms with Crippen molar-refractivity contribution in [1.82, 2.24) is 5.32 Å². The van der Waals surface area contributed by atoms with Crippen LogP contribution in [-0.2, 0) is 0 Å². The Labute approximate surface area is 135 Å². The molecule has 2 aromatic rings. The van der Waals surface area contributed by atoms with Crippen LogP contribution >= 0.6 is 0 Å². The van der Waals surface area contributed by atoms with Gasteiger partial charge in [0.05, 0.1) is 4.92 Å². The molecule has 1 aliphatic heterocycles. The van der Waals surface area contributed by atoms with Gasteiger partial charge in [0.1, 0.15) is 5.56 Å². The Balaban J connectivity index is 0.000000268. The lowest BCUT2D eigenvalue weighted by molar-refractivity contribution is -0.385. The second-order valence-corrected chi connectivity index (χ2v) is 5.28. The molecule has 0 saturated carbocycles. The minimum atomic E-state index is -0.545. The number of hydrogen-bond donors (Lipinski definition) is 1. The van der Waals surface area contributed by atoms with Gasteiger partial charge in [-0.15, -0.1) is 0 Å². The predicted molar refractivity (Wildman–Crippen MR) is 89.7 cm³/mol. The molecule has 120 valence electrons. The van der Waals surface area contributed by atoms with Crippen LogP contribution in [-0.4, -0.2) is 23.8 Å². The molecule has 0 atom stereocenters. The first kappa shape index (κ1) is 16.8. The van der Waals surface area contributed by atoms with Crippen molar-refractivity contribution in [3.05, 3.63) is 75.8 Å². The summed E-state index contributed by atoms with van der Waals surface area (Å²) >= 11 is 0. The fourth-order valence-corrected chi connectivity index (χ4v) is 2.37. The number of piperidine rings is 1. The number of nitrogens with zero attached hydrogens (tertiary/aromatic N) is 1. The van der Waals surface area contributed by atoms with E-state index in [1.165, 1.54) is 44.5 Å². The molecule has 1 N–H and O–H groups in total. The van der Waals surface area contributed by atoms with Gasteiger partial charge in [-0.1, -0.05) is 48.9 Å². The number of carbonyl (C=O) groups excluding carboxylic acids is 1. The summed E-state index contributed by atoms with van der Waals surface area (Å²) < 4.78 is 0. The highest BCUT2D eigenvalue weighted by molar-refractivity contribution is 6.11. The first-order valence-electron chi connectivity index (χ1n) is 7.74. The van der Waals surface area contributed by atoms with Crippen LogP contribution in [0, 0.1) is 10.1 Å². The summed E-state index contributed by atoms with van der Waals surface area (Å²) in [5.74, 6) is -0.335. The predicted octanol–water partition coefficient (Wildman–Crippen LogP) is 3.59. The van der Waals surface area contributed by atoms with Crippen LogP contribution in [0.5, 0.6) is 0 Å². The number of hydrogen-bond acceptors (Lipinski definition) is 4. The summed E-state index contributed by atoms with van der Waals surface area (Å²) in [5.41, 5.74) is 0.395. The van der Waals surface area contributed by atoms with Crippen molar-refractivity contribution in [2.24, 2.45) is 0 Å². The average molecular weight is 312 g/mol. The molecule has 1 fully saturated rings. The van der Waals surface area contributed by atoms with Crippen molar-refractivity contribution >= 4 is 11.5 Å². The number of carbonyl (C=O) groups is 1. The lowest BCUT2D eigenvalue weighted by Crippen LogP contribution is -2.21. The van der Waals surface area contributed by atoms with Gasteiger partial charge < -0.3 is 5.32 Å². The molecule has 0 aromatic heterocycles. The third-order valence-corrected chi connectivity index (χ3v) is 3.59. The Hall–Kier alpha value is -2.53. The highest BCUT2D eigenvalue weighted by Gasteiger charge is 2.19. The fourth-order valence-electron chi connectivity index (χ4n) is 2.37. The molecule has 0 radical (unpaired) electrons. The Morgan fingerprint density at radius 2 is 1.52 bits per heavy atom. The summed E-state index contributed by atoms with van der Waals surface area (Å²) in [6.45, 7) is 2.50. The Bertz CT molecular complexity index is 641. The van der Waals surface area contributed by atoms with E-state index in [0.717, 1.165) is 0 Å². The van der Waals surface area contributed by atoms with Gasteiger partial charge in [0, 0.05) is 11.6 Å². The van der Waals surface area contributed by atoms with Crippen molar-refractivity contribution in [3.63, 3.8) is 0 Å². The number of nitro benzene ring substituents is 1. The highest BCUT2D eigenvalue weighted by Crippen LogP contribution is 2.20. The molecule has 5 nitrogen and oxygen atoms in total. The van der Waals surface area contributed by atoms with Crippen LogP contribution in [0.3, 0.4) is 0 Å². The zero-order valence-electron chi connectivity index (χ0n) is 12.9. The number of benzene rings is 2. The van der Waals surface area contributed by atoms with Crippen LogP contribution in [0.1, 0.15) is 35.2 Å². The van der Waals surface area contributed by atoms with Gasteiger partial charge in [-0.2, -0.15) is 0 Å². The molecule has 2 aromatic carbocycles. The molecule has 23 heavy (non-hydrogen) atoms. The molecule has 3 rings (SSSR count). The minimum Gasteiger partial charge on any atom is -0.317 e. The number of ketones is 1.